The molecule has 0 spiro atoms. The molecule has 4 aromatic rings. The number of carbonyl (C=O) groups is 2. The van der Waals surface area contributed by atoms with Crippen molar-refractivity contribution in [1.29, 1.82) is 0 Å². The smallest absolute Gasteiger partial charge is 0.357 e. The Labute approximate surface area is 199 Å². The molecule has 7 nitrogen and oxygen atoms in total. The molecule has 0 amide bonds. The number of para-hydroxylation sites is 1. The Hall–Kier alpha value is -4.53. The molecule has 0 atom stereocenters. The highest BCUT2D eigenvalue weighted by atomic mass is 19.1. The van der Waals surface area contributed by atoms with E-state index in [0.717, 1.165) is 13.2 Å². The van der Waals surface area contributed by atoms with Crippen LogP contribution in [-0.2, 0) is 16.1 Å². The molecular formula is C26H20F2N2O5. The molecule has 0 bridgehead atoms. The molecule has 0 fully saturated rings. The van der Waals surface area contributed by atoms with E-state index in [1.54, 1.807) is 42.5 Å². The number of nitrogens with zero attached hydrogens (tertiary/aromatic N) is 2. The van der Waals surface area contributed by atoms with Gasteiger partial charge in [-0.25, -0.2) is 23.1 Å². The van der Waals surface area contributed by atoms with Gasteiger partial charge in [0.05, 0.1) is 19.9 Å². The second-order valence-corrected chi connectivity index (χ2v) is 7.33. The van der Waals surface area contributed by atoms with E-state index in [0.29, 0.717) is 5.69 Å². The normalized spacial score (nSPS) is 10.6. The minimum atomic E-state index is -0.845. The minimum absolute atomic E-state index is 0.0145. The Morgan fingerprint density at radius 3 is 2.20 bits per heavy atom. The maximum Gasteiger partial charge on any atom is 0.357 e. The number of rotatable bonds is 7. The molecular weight excluding hydrogens is 458 g/mol. The minimum Gasteiger partial charge on any atom is -0.486 e. The molecule has 0 aliphatic heterocycles. The molecule has 0 aliphatic rings. The first kappa shape index (κ1) is 23.6. The zero-order valence-electron chi connectivity index (χ0n) is 18.8. The Morgan fingerprint density at radius 1 is 0.857 bits per heavy atom. The van der Waals surface area contributed by atoms with Crippen LogP contribution in [0.2, 0.25) is 0 Å². The molecule has 0 aliphatic carbocycles. The fourth-order valence-corrected chi connectivity index (χ4v) is 3.49. The third-order valence-electron chi connectivity index (χ3n) is 5.20. The molecule has 3 aromatic carbocycles. The van der Waals surface area contributed by atoms with Crippen molar-refractivity contribution >= 4 is 11.9 Å². The summed E-state index contributed by atoms with van der Waals surface area (Å²) in [6.45, 7) is -0.175. The van der Waals surface area contributed by atoms with Crippen LogP contribution in [0.3, 0.4) is 0 Å². The summed E-state index contributed by atoms with van der Waals surface area (Å²) in [6.07, 6.45) is 0. The molecule has 0 saturated carbocycles. The van der Waals surface area contributed by atoms with Crippen molar-refractivity contribution in [3.05, 3.63) is 101 Å². The van der Waals surface area contributed by atoms with Crippen LogP contribution in [-0.4, -0.2) is 35.9 Å². The number of esters is 2. The van der Waals surface area contributed by atoms with Crippen LogP contribution in [0.5, 0.6) is 5.75 Å². The van der Waals surface area contributed by atoms with Crippen LogP contribution in [0.1, 0.15) is 26.4 Å². The largest absolute Gasteiger partial charge is 0.486 e. The predicted molar refractivity (Wildman–Crippen MR) is 122 cm³/mol. The van der Waals surface area contributed by atoms with Crippen LogP contribution in [0.4, 0.5) is 8.78 Å². The predicted octanol–water partition coefficient (Wildman–Crippen LogP) is 4.97. The van der Waals surface area contributed by atoms with Crippen LogP contribution < -0.4 is 4.74 Å². The Bertz CT molecular complexity index is 1390. The fourth-order valence-electron chi connectivity index (χ4n) is 3.49. The molecule has 0 unspecified atom stereocenters. The van der Waals surface area contributed by atoms with Crippen molar-refractivity contribution in [2.75, 3.05) is 14.2 Å². The molecule has 1 heterocycles. The number of aromatic nitrogens is 2. The van der Waals surface area contributed by atoms with E-state index in [1.165, 1.54) is 36.1 Å². The standard InChI is InChI=1S/C26H20F2N2O5/c1-33-25(31)22-23(29-30(24(22)26(32)34-2)18-9-4-3-5-10-18)16-12-13-21(20(28)14-16)35-15-17-8-6-7-11-19(17)27/h3-14H,15H2,1-2H3. The number of carbonyl (C=O) groups excluding carboxylic acids is 2. The van der Waals surface area contributed by atoms with E-state index in [9.17, 15) is 18.4 Å². The summed E-state index contributed by atoms with van der Waals surface area (Å²) in [7, 11) is 2.33. The van der Waals surface area contributed by atoms with E-state index in [4.69, 9.17) is 14.2 Å². The Balaban J connectivity index is 1.78. The Kier molecular flexibility index (Phi) is 6.86. The van der Waals surface area contributed by atoms with Gasteiger partial charge in [-0.1, -0.05) is 36.4 Å². The highest BCUT2D eigenvalue weighted by molar-refractivity contribution is 6.06. The zero-order chi connectivity index (χ0) is 24.9. The van der Waals surface area contributed by atoms with Gasteiger partial charge in [-0.15, -0.1) is 0 Å². The van der Waals surface area contributed by atoms with E-state index >= 15 is 0 Å². The summed E-state index contributed by atoms with van der Waals surface area (Å²) in [5, 5.41) is 4.42. The third-order valence-corrected chi connectivity index (χ3v) is 5.20. The molecule has 9 heteroatoms. The van der Waals surface area contributed by atoms with Crippen LogP contribution in [0.25, 0.3) is 16.9 Å². The monoisotopic (exact) mass is 478 g/mol. The molecule has 4 rings (SSSR count). The fraction of sp³-hybridized carbons (Fsp3) is 0.115. The van der Waals surface area contributed by atoms with E-state index in [-0.39, 0.29) is 40.4 Å². The van der Waals surface area contributed by atoms with Gasteiger partial charge in [0, 0.05) is 11.1 Å². The number of hydrogen-bond acceptors (Lipinski definition) is 6. The average molecular weight is 478 g/mol. The highest BCUT2D eigenvalue weighted by Crippen LogP contribution is 2.32. The number of hydrogen-bond donors (Lipinski definition) is 0. The lowest BCUT2D eigenvalue weighted by Crippen LogP contribution is -2.15. The molecule has 1 aromatic heterocycles. The van der Waals surface area contributed by atoms with E-state index in [2.05, 4.69) is 5.10 Å². The number of ether oxygens (including phenoxy) is 3. The van der Waals surface area contributed by atoms with Crippen LogP contribution in [0, 0.1) is 11.6 Å². The van der Waals surface area contributed by atoms with Crippen molar-refractivity contribution < 1.29 is 32.6 Å². The van der Waals surface area contributed by atoms with E-state index < -0.39 is 23.6 Å². The van der Waals surface area contributed by atoms with Gasteiger partial charge in [0.1, 0.15) is 23.7 Å². The number of halogens is 2. The van der Waals surface area contributed by atoms with Gasteiger partial charge in [0.25, 0.3) is 0 Å². The summed E-state index contributed by atoms with van der Waals surface area (Å²) < 4.78 is 45.2. The lowest BCUT2D eigenvalue weighted by atomic mass is 10.1. The molecule has 35 heavy (non-hydrogen) atoms. The summed E-state index contributed by atoms with van der Waals surface area (Å²) in [5.41, 5.74) is 0.619. The van der Waals surface area contributed by atoms with Crippen molar-refractivity contribution in [3.63, 3.8) is 0 Å². The first-order chi connectivity index (χ1) is 16.9. The number of methoxy groups -OCH3 is 2. The summed E-state index contributed by atoms with van der Waals surface area (Å²) in [4.78, 5) is 25.3. The molecule has 0 saturated heterocycles. The van der Waals surface area contributed by atoms with Gasteiger partial charge in [-0.05, 0) is 36.4 Å². The lowest BCUT2D eigenvalue weighted by Gasteiger charge is -2.09. The first-order valence-electron chi connectivity index (χ1n) is 10.5. The molecule has 0 radical (unpaired) electrons. The van der Waals surface area contributed by atoms with Crippen LogP contribution >= 0.6 is 0 Å². The summed E-state index contributed by atoms with van der Waals surface area (Å²) in [6, 6.07) is 18.6. The third kappa shape index (κ3) is 4.74. The number of benzene rings is 3. The second kappa shape index (κ2) is 10.2. The quantitative estimate of drug-likeness (QED) is 0.349. The van der Waals surface area contributed by atoms with Crippen molar-refractivity contribution in [1.82, 2.24) is 9.78 Å². The van der Waals surface area contributed by atoms with Gasteiger partial charge in [0.2, 0.25) is 0 Å². The summed E-state index contributed by atoms with van der Waals surface area (Å²) >= 11 is 0. The van der Waals surface area contributed by atoms with Gasteiger partial charge in [-0.3, -0.25) is 0 Å². The van der Waals surface area contributed by atoms with Crippen LogP contribution in [0.15, 0.2) is 72.8 Å². The maximum atomic E-state index is 14.9. The van der Waals surface area contributed by atoms with Gasteiger partial charge in [0.15, 0.2) is 17.3 Å². The average Bonchev–Trinajstić information content (AvgIpc) is 3.29. The van der Waals surface area contributed by atoms with E-state index in [1.807, 2.05) is 0 Å². The molecule has 178 valence electrons. The Morgan fingerprint density at radius 2 is 1.54 bits per heavy atom. The first-order valence-corrected chi connectivity index (χ1v) is 10.5. The second-order valence-electron chi connectivity index (χ2n) is 7.33. The maximum absolute atomic E-state index is 14.9. The van der Waals surface area contributed by atoms with Gasteiger partial charge in [-0.2, -0.15) is 5.10 Å². The SMILES string of the molecule is COC(=O)c1c(-c2ccc(OCc3ccccc3F)c(F)c2)nn(-c2ccccc2)c1C(=O)OC. The van der Waals surface area contributed by atoms with Crippen molar-refractivity contribution in [2.45, 2.75) is 6.61 Å². The van der Waals surface area contributed by atoms with Gasteiger partial charge < -0.3 is 14.2 Å². The lowest BCUT2D eigenvalue weighted by molar-refractivity contribution is 0.0549. The zero-order valence-corrected chi connectivity index (χ0v) is 18.8. The topological polar surface area (TPSA) is 79.7 Å². The highest BCUT2D eigenvalue weighted by Gasteiger charge is 2.31. The molecule has 0 N–H and O–H groups in total. The van der Waals surface area contributed by atoms with Crippen molar-refractivity contribution in [3.8, 4) is 22.7 Å². The van der Waals surface area contributed by atoms with Crippen molar-refractivity contribution in [2.24, 2.45) is 0 Å². The van der Waals surface area contributed by atoms with Gasteiger partial charge >= 0.3 is 11.9 Å². The summed E-state index contributed by atoms with van der Waals surface area (Å²) in [5.74, 6) is -3.01.